The van der Waals surface area contributed by atoms with Crippen molar-refractivity contribution in [3.8, 4) is 0 Å². The van der Waals surface area contributed by atoms with Gasteiger partial charge >= 0.3 is 0 Å². The van der Waals surface area contributed by atoms with Crippen molar-refractivity contribution in [3.63, 3.8) is 0 Å². The fraction of sp³-hybridized carbons (Fsp3) is 0.182. The molecule has 0 aliphatic carbocycles. The molecule has 2 rings (SSSR count). The Morgan fingerprint density at radius 3 is 2.88 bits per heavy atom. The van der Waals surface area contributed by atoms with Crippen LogP contribution in [0.2, 0.25) is 0 Å². The average Bonchev–Trinajstić information content (AvgIpc) is 2.65. The standard InChI is InChI=1S/C11H12N4OS/c1-7(16)15-6-9(13-14-11(12)17)8-4-2-3-5-10(8)15/h2-5H,6H2,1H3,(H3,12,14,17)/b13-9+. The first-order valence-electron chi connectivity index (χ1n) is 5.09. The average molecular weight is 248 g/mol. The van der Waals surface area contributed by atoms with Crippen LogP contribution in [0.1, 0.15) is 12.5 Å². The Balaban J connectivity index is 2.38. The predicted octanol–water partition coefficient (Wildman–Crippen LogP) is 0.590. The number of amides is 1. The number of hydrogen-bond acceptors (Lipinski definition) is 3. The smallest absolute Gasteiger partial charge is 0.224 e. The van der Waals surface area contributed by atoms with Crippen LogP contribution in [0, 0.1) is 0 Å². The molecule has 0 spiro atoms. The van der Waals surface area contributed by atoms with Crippen molar-refractivity contribution in [2.75, 3.05) is 11.4 Å². The highest BCUT2D eigenvalue weighted by Crippen LogP contribution is 2.27. The van der Waals surface area contributed by atoms with Gasteiger partial charge in [-0.15, -0.1) is 0 Å². The van der Waals surface area contributed by atoms with E-state index in [-0.39, 0.29) is 11.0 Å². The highest BCUT2D eigenvalue weighted by atomic mass is 32.1. The maximum absolute atomic E-state index is 11.5. The highest BCUT2D eigenvalue weighted by molar-refractivity contribution is 7.80. The van der Waals surface area contributed by atoms with E-state index in [9.17, 15) is 4.79 Å². The Bertz CT molecular complexity index is 512. The molecule has 0 unspecified atom stereocenters. The van der Waals surface area contributed by atoms with Gasteiger partial charge in [-0.05, 0) is 18.3 Å². The van der Waals surface area contributed by atoms with E-state index >= 15 is 0 Å². The molecule has 3 N–H and O–H groups in total. The van der Waals surface area contributed by atoms with Gasteiger partial charge in [-0.2, -0.15) is 5.10 Å². The third-order valence-electron chi connectivity index (χ3n) is 2.49. The van der Waals surface area contributed by atoms with Crippen LogP contribution in [0.25, 0.3) is 0 Å². The lowest BCUT2D eigenvalue weighted by atomic mass is 10.1. The lowest BCUT2D eigenvalue weighted by Crippen LogP contribution is -2.30. The van der Waals surface area contributed by atoms with Crippen molar-refractivity contribution in [1.29, 1.82) is 0 Å². The SMILES string of the molecule is CC(=O)N1C/C(=N\NC(N)=S)c2ccccc21. The quantitative estimate of drug-likeness (QED) is 0.563. The van der Waals surface area contributed by atoms with Gasteiger partial charge in [-0.25, -0.2) is 0 Å². The number of nitrogens with one attached hydrogen (secondary N) is 1. The third-order valence-corrected chi connectivity index (χ3v) is 2.59. The molecule has 88 valence electrons. The van der Waals surface area contributed by atoms with Gasteiger partial charge in [-0.3, -0.25) is 10.2 Å². The molecule has 1 aromatic carbocycles. The molecular formula is C11H12N4OS. The molecule has 0 aromatic heterocycles. The van der Waals surface area contributed by atoms with E-state index in [1.807, 2.05) is 24.3 Å². The number of thiocarbonyl (C=S) groups is 1. The Hall–Kier alpha value is -1.95. The zero-order valence-corrected chi connectivity index (χ0v) is 10.1. The van der Waals surface area contributed by atoms with E-state index < -0.39 is 0 Å². The largest absolute Gasteiger partial charge is 0.375 e. The highest BCUT2D eigenvalue weighted by Gasteiger charge is 2.27. The molecule has 0 fully saturated rings. The number of carbonyl (C=O) groups excluding carboxylic acids is 1. The maximum Gasteiger partial charge on any atom is 0.224 e. The summed E-state index contributed by atoms with van der Waals surface area (Å²) in [4.78, 5) is 13.2. The number of rotatable bonds is 1. The maximum atomic E-state index is 11.5. The molecular weight excluding hydrogens is 236 g/mol. The van der Waals surface area contributed by atoms with Crippen molar-refractivity contribution in [2.45, 2.75) is 6.92 Å². The summed E-state index contributed by atoms with van der Waals surface area (Å²) in [5.74, 6) is -0.0158. The van der Waals surface area contributed by atoms with Gasteiger partial charge in [0.1, 0.15) is 0 Å². The Morgan fingerprint density at radius 2 is 2.24 bits per heavy atom. The first kappa shape index (κ1) is 11.5. The molecule has 0 saturated carbocycles. The van der Waals surface area contributed by atoms with Crippen LogP contribution in [-0.4, -0.2) is 23.3 Å². The van der Waals surface area contributed by atoms with Crippen LogP contribution in [0.5, 0.6) is 0 Å². The molecule has 0 saturated heterocycles. The van der Waals surface area contributed by atoms with Crippen LogP contribution >= 0.6 is 12.2 Å². The number of carbonyl (C=O) groups is 1. The monoisotopic (exact) mass is 248 g/mol. The van der Waals surface area contributed by atoms with E-state index in [1.165, 1.54) is 6.92 Å². The number of benzene rings is 1. The predicted molar refractivity (Wildman–Crippen MR) is 70.9 cm³/mol. The van der Waals surface area contributed by atoms with Crippen LogP contribution in [-0.2, 0) is 4.79 Å². The molecule has 1 heterocycles. The minimum absolute atomic E-state index is 0.0158. The van der Waals surface area contributed by atoms with Gasteiger partial charge in [0, 0.05) is 12.5 Å². The summed E-state index contributed by atoms with van der Waals surface area (Å²) < 4.78 is 0. The number of para-hydroxylation sites is 1. The van der Waals surface area contributed by atoms with Gasteiger partial charge < -0.3 is 10.6 Å². The second-order valence-electron chi connectivity index (χ2n) is 3.66. The lowest BCUT2D eigenvalue weighted by molar-refractivity contribution is -0.116. The van der Waals surface area contributed by atoms with Crippen LogP contribution in [0.15, 0.2) is 29.4 Å². The Morgan fingerprint density at radius 1 is 1.53 bits per heavy atom. The molecule has 17 heavy (non-hydrogen) atoms. The van der Waals surface area contributed by atoms with Crippen molar-refractivity contribution >= 4 is 34.6 Å². The molecule has 5 nitrogen and oxygen atoms in total. The van der Waals surface area contributed by atoms with Crippen LogP contribution in [0.3, 0.4) is 0 Å². The molecule has 1 aliphatic rings. The fourth-order valence-corrected chi connectivity index (χ4v) is 1.82. The second kappa shape index (κ2) is 4.50. The summed E-state index contributed by atoms with van der Waals surface area (Å²) >= 11 is 4.69. The minimum Gasteiger partial charge on any atom is -0.375 e. The molecule has 1 aliphatic heterocycles. The van der Waals surface area contributed by atoms with E-state index in [4.69, 9.17) is 5.73 Å². The summed E-state index contributed by atoms with van der Waals surface area (Å²) in [6.07, 6.45) is 0. The molecule has 6 heteroatoms. The Kier molecular flexibility index (Phi) is 3.06. The van der Waals surface area contributed by atoms with Crippen molar-refractivity contribution in [2.24, 2.45) is 10.8 Å². The molecule has 0 atom stereocenters. The van der Waals surface area contributed by atoms with Crippen LogP contribution in [0.4, 0.5) is 5.69 Å². The summed E-state index contributed by atoms with van der Waals surface area (Å²) in [6, 6.07) is 7.59. The number of hydrazone groups is 1. The second-order valence-corrected chi connectivity index (χ2v) is 4.10. The van der Waals surface area contributed by atoms with Crippen molar-refractivity contribution < 1.29 is 4.79 Å². The summed E-state index contributed by atoms with van der Waals surface area (Å²) in [6.45, 7) is 1.96. The van der Waals surface area contributed by atoms with Gasteiger partial charge in [0.15, 0.2) is 5.11 Å². The van der Waals surface area contributed by atoms with E-state index in [1.54, 1.807) is 4.90 Å². The van der Waals surface area contributed by atoms with E-state index in [2.05, 4.69) is 22.7 Å². The molecule has 0 bridgehead atoms. The van der Waals surface area contributed by atoms with Crippen molar-refractivity contribution in [3.05, 3.63) is 29.8 Å². The fourth-order valence-electron chi connectivity index (χ4n) is 1.77. The minimum atomic E-state index is -0.0158. The summed E-state index contributed by atoms with van der Waals surface area (Å²) in [5, 5.41) is 4.21. The first-order chi connectivity index (χ1) is 8.09. The lowest BCUT2D eigenvalue weighted by Gasteiger charge is -2.13. The Labute approximate surface area is 104 Å². The van der Waals surface area contributed by atoms with Gasteiger partial charge in [0.2, 0.25) is 5.91 Å². The number of nitrogens with zero attached hydrogens (tertiary/aromatic N) is 2. The number of anilines is 1. The van der Waals surface area contributed by atoms with Gasteiger partial charge in [0.25, 0.3) is 0 Å². The number of hydrogen-bond donors (Lipinski definition) is 2. The zero-order valence-electron chi connectivity index (χ0n) is 9.30. The van der Waals surface area contributed by atoms with Gasteiger partial charge in [0.05, 0.1) is 17.9 Å². The zero-order chi connectivity index (χ0) is 12.4. The topological polar surface area (TPSA) is 70.7 Å². The summed E-state index contributed by atoms with van der Waals surface area (Å²) in [7, 11) is 0. The van der Waals surface area contributed by atoms with E-state index in [0.717, 1.165) is 17.0 Å². The number of nitrogens with two attached hydrogens (primary N) is 1. The molecule has 1 aromatic rings. The molecule has 0 radical (unpaired) electrons. The molecule has 1 amide bonds. The van der Waals surface area contributed by atoms with E-state index in [0.29, 0.717) is 6.54 Å². The first-order valence-corrected chi connectivity index (χ1v) is 5.50. The number of fused-ring (bicyclic) bond motifs is 1. The van der Waals surface area contributed by atoms with Crippen molar-refractivity contribution in [1.82, 2.24) is 5.43 Å². The third kappa shape index (κ3) is 2.26. The normalized spacial score (nSPS) is 15.8. The van der Waals surface area contributed by atoms with Crippen LogP contribution < -0.4 is 16.1 Å². The van der Waals surface area contributed by atoms with Gasteiger partial charge in [-0.1, -0.05) is 18.2 Å². The summed E-state index contributed by atoms with van der Waals surface area (Å²) in [5.41, 5.74) is 10.4.